The van der Waals surface area contributed by atoms with Crippen molar-refractivity contribution in [3.8, 4) is 17.2 Å². The van der Waals surface area contributed by atoms with E-state index in [1.165, 1.54) is 10.9 Å². The maximum absolute atomic E-state index is 13.6. The van der Waals surface area contributed by atoms with Crippen LogP contribution in [0.25, 0.3) is 5.69 Å². The highest BCUT2D eigenvalue weighted by atomic mass is 35.5. The van der Waals surface area contributed by atoms with E-state index in [0.29, 0.717) is 27.7 Å². The Kier molecular flexibility index (Phi) is 6.25. The number of rotatable bonds is 7. The summed E-state index contributed by atoms with van der Waals surface area (Å²) in [7, 11) is 0. The number of ether oxygens (including phenoxy) is 1. The second-order valence-corrected chi connectivity index (χ2v) is 8.83. The van der Waals surface area contributed by atoms with E-state index in [1.807, 2.05) is 25.1 Å². The molecule has 0 atom stereocenters. The number of hydrogen-bond acceptors (Lipinski definition) is 5. The lowest BCUT2D eigenvalue weighted by atomic mass is 10.2. The summed E-state index contributed by atoms with van der Waals surface area (Å²) in [6.07, 6.45) is 3.48. The van der Waals surface area contributed by atoms with Crippen molar-refractivity contribution in [3.63, 3.8) is 0 Å². The molecular weight excluding hydrogens is 464 g/mol. The number of carbonyl (C=O) groups excluding carboxylic acids is 1. The van der Waals surface area contributed by atoms with Crippen LogP contribution in [0.15, 0.2) is 83.8 Å². The Hall–Kier alpha value is -4.10. The Morgan fingerprint density at radius 3 is 2.63 bits per heavy atom. The van der Waals surface area contributed by atoms with Crippen molar-refractivity contribution in [3.05, 3.63) is 105 Å². The molecule has 0 spiro atoms. The molecule has 2 N–H and O–H groups in total. The lowest BCUT2D eigenvalue weighted by Gasteiger charge is -2.15. The van der Waals surface area contributed by atoms with Crippen LogP contribution in [0.3, 0.4) is 0 Å². The van der Waals surface area contributed by atoms with Crippen molar-refractivity contribution in [2.45, 2.75) is 25.8 Å². The first kappa shape index (κ1) is 22.7. The first-order valence-electron chi connectivity index (χ1n) is 11.3. The molecule has 35 heavy (non-hydrogen) atoms. The predicted molar refractivity (Wildman–Crippen MR) is 136 cm³/mol. The molecule has 1 saturated carbocycles. The maximum Gasteiger partial charge on any atom is 0.299 e. The number of hydrogen-bond donors (Lipinski definition) is 2. The Bertz CT molecular complexity index is 1460. The molecule has 3 aromatic carbocycles. The van der Waals surface area contributed by atoms with Crippen molar-refractivity contribution >= 4 is 28.9 Å². The minimum absolute atomic E-state index is 0.143. The number of halogens is 1. The predicted octanol–water partition coefficient (Wildman–Crippen LogP) is 5.62. The molecule has 4 aromatic rings. The summed E-state index contributed by atoms with van der Waals surface area (Å²) < 4.78 is 7.27. The average molecular weight is 487 g/mol. The van der Waals surface area contributed by atoms with E-state index < -0.39 is 5.56 Å². The minimum Gasteiger partial charge on any atom is -0.453 e. The van der Waals surface area contributed by atoms with Crippen LogP contribution in [0.2, 0.25) is 5.02 Å². The Morgan fingerprint density at radius 1 is 1.06 bits per heavy atom. The van der Waals surface area contributed by atoms with Crippen molar-refractivity contribution in [2.75, 3.05) is 5.32 Å². The number of nitrogens with one attached hydrogen (secondary N) is 2. The first-order valence-corrected chi connectivity index (χ1v) is 11.7. The molecule has 1 amide bonds. The maximum atomic E-state index is 13.6. The molecule has 1 aliphatic rings. The van der Waals surface area contributed by atoms with Crippen LogP contribution in [0.5, 0.6) is 11.5 Å². The van der Waals surface area contributed by atoms with Gasteiger partial charge in [0.15, 0.2) is 11.4 Å². The minimum atomic E-state index is -0.448. The first-order chi connectivity index (χ1) is 17.0. The Balaban J connectivity index is 1.55. The molecule has 1 heterocycles. The molecule has 0 aliphatic heterocycles. The van der Waals surface area contributed by atoms with Crippen molar-refractivity contribution < 1.29 is 9.53 Å². The van der Waals surface area contributed by atoms with Gasteiger partial charge in [-0.15, -0.1) is 0 Å². The Labute approximate surface area is 207 Å². The summed E-state index contributed by atoms with van der Waals surface area (Å²) in [5.74, 6) is 0.676. The largest absolute Gasteiger partial charge is 0.453 e. The summed E-state index contributed by atoms with van der Waals surface area (Å²) in [4.78, 5) is 26.1. The van der Waals surface area contributed by atoms with Crippen LogP contribution in [0, 0.1) is 6.92 Å². The number of carbonyl (C=O) groups is 1. The van der Waals surface area contributed by atoms with Crippen LogP contribution in [-0.4, -0.2) is 21.7 Å². The fraction of sp³-hybridized carbons (Fsp3) is 0.148. The van der Waals surface area contributed by atoms with E-state index in [9.17, 15) is 9.59 Å². The van der Waals surface area contributed by atoms with Gasteiger partial charge in [-0.05, 0) is 67.8 Å². The van der Waals surface area contributed by atoms with Gasteiger partial charge in [0.2, 0.25) is 0 Å². The van der Waals surface area contributed by atoms with E-state index in [4.69, 9.17) is 16.3 Å². The van der Waals surface area contributed by atoms with Crippen LogP contribution >= 0.6 is 11.6 Å². The summed E-state index contributed by atoms with van der Waals surface area (Å²) in [5.41, 5.74) is 2.25. The van der Waals surface area contributed by atoms with E-state index in [1.54, 1.807) is 54.6 Å². The number of anilines is 2. The highest BCUT2D eigenvalue weighted by molar-refractivity contribution is 6.32. The number of amides is 1. The smallest absolute Gasteiger partial charge is 0.299 e. The van der Waals surface area contributed by atoms with Gasteiger partial charge in [0, 0.05) is 17.3 Å². The third kappa shape index (κ3) is 5.20. The molecule has 176 valence electrons. The molecule has 0 saturated heterocycles. The van der Waals surface area contributed by atoms with Crippen molar-refractivity contribution in [1.29, 1.82) is 0 Å². The molecule has 5 rings (SSSR count). The van der Waals surface area contributed by atoms with Gasteiger partial charge >= 0.3 is 0 Å². The third-order valence-electron chi connectivity index (χ3n) is 5.55. The van der Waals surface area contributed by atoms with Crippen LogP contribution in [0.1, 0.15) is 28.8 Å². The summed E-state index contributed by atoms with van der Waals surface area (Å²) in [5, 5.41) is 10.8. The normalized spacial score (nSPS) is 12.7. The number of para-hydroxylation sites is 1. The number of benzene rings is 3. The quantitative estimate of drug-likeness (QED) is 0.354. The second-order valence-electron chi connectivity index (χ2n) is 8.42. The highest BCUT2D eigenvalue weighted by Gasteiger charge is 2.24. The zero-order chi connectivity index (χ0) is 24.4. The third-order valence-corrected chi connectivity index (χ3v) is 5.87. The van der Waals surface area contributed by atoms with Gasteiger partial charge in [-0.25, -0.2) is 0 Å². The van der Waals surface area contributed by atoms with Gasteiger partial charge < -0.3 is 15.4 Å². The van der Waals surface area contributed by atoms with Crippen molar-refractivity contribution in [1.82, 2.24) is 15.1 Å². The number of nitrogens with zero attached hydrogens (tertiary/aromatic N) is 2. The van der Waals surface area contributed by atoms with E-state index in [0.717, 1.165) is 18.4 Å². The van der Waals surface area contributed by atoms with Crippen LogP contribution in [-0.2, 0) is 0 Å². The molecule has 8 heteroatoms. The molecule has 1 aromatic heterocycles. The monoisotopic (exact) mass is 486 g/mol. The standard InChI is InChI=1S/C27H23ClN4O3/c1-17-6-4-9-21(14-17)35-24-16-29-32(23-11-3-2-10-22(23)28)27(34)25(24)30-20-8-5-7-18(15-20)26(33)31-19-12-13-19/h2-11,14-16,19,30H,12-13H2,1H3,(H,31,33). The van der Waals surface area contributed by atoms with Gasteiger partial charge in [0.05, 0.1) is 16.9 Å². The van der Waals surface area contributed by atoms with E-state index in [-0.39, 0.29) is 23.4 Å². The van der Waals surface area contributed by atoms with Gasteiger partial charge in [0.25, 0.3) is 11.5 Å². The van der Waals surface area contributed by atoms with E-state index >= 15 is 0 Å². The zero-order valence-electron chi connectivity index (χ0n) is 19.0. The highest BCUT2D eigenvalue weighted by Crippen LogP contribution is 2.30. The Morgan fingerprint density at radius 2 is 1.86 bits per heavy atom. The fourth-order valence-electron chi connectivity index (χ4n) is 3.61. The second kappa shape index (κ2) is 9.64. The summed E-state index contributed by atoms with van der Waals surface area (Å²) in [6.45, 7) is 1.96. The van der Waals surface area contributed by atoms with Gasteiger partial charge in [-0.1, -0.05) is 41.9 Å². The summed E-state index contributed by atoms with van der Waals surface area (Å²) in [6, 6.07) is 21.7. The van der Waals surface area contributed by atoms with Gasteiger partial charge in [0.1, 0.15) is 5.75 Å². The van der Waals surface area contributed by atoms with E-state index in [2.05, 4.69) is 15.7 Å². The lowest BCUT2D eigenvalue weighted by Crippen LogP contribution is -2.25. The molecule has 7 nitrogen and oxygen atoms in total. The molecule has 1 aliphatic carbocycles. The van der Waals surface area contributed by atoms with Crippen molar-refractivity contribution in [2.24, 2.45) is 0 Å². The topological polar surface area (TPSA) is 85.2 Å². The van der Waals surface area contributed by atoms with Gasteiger partial charge in [-0.3, -0.25) is 9.59 Å². The molecule has 1 fully saturated rings. The molecule has 0 unspecified atom stereocenters. The van der Waals surface area contributed by atoms with Gasteiger partial charge in [-0.2, -0.15) is 9.78 Å². The van der Waals surface area contributed by atoms with Crippen LogP contribution < -0.4 is 20.9 Å². The molecule has 0 bridgehead atoms. The fourth-order valence-corrected chi connectivity index (χ4v) is 3.83. The zero-order valence-corrected chi connectivity index (χ0v) is 19.8. The molecule has 0 radical (unpaired) electrons. The SMILES string of the molecule is Cc1cccc(Oc2cnn(-c3ccccc3Cl)c(=O)c2Nc2cccc(C(=O)NC3CC3)c2)c1. The average Bonchev–Trinajstić information content (AvgIpc) is 3.66. The summed E-state index contributed by atoms with van der Waals surface area (Å²) >= 11 is 6.34. The number of aromatic nitrogens is 2. The molecular formula is C27H23ClN4O3. The number of aryl methyl sites for hydroxylation is 1. The van der Waals surface area contributed by atoms with Crippen LogP contribution in [0.4, 0.5) is 11.4 Å². The lowest BCUT2D eigenvalue weighted by molar-refractivity contribution is 0.0951.